The molecule has 0 saturated carbocycles. The SMILES string of the molecule is Cc1ccncc1C(N)Cc1cccc(Cl)c1. The number of aromatic nitrogens is 1. The Morgan fingerprint density at radius 3 is 2.88 bits per heavy atom. The number of halogens is 1. The fourth-order valence-corrected chi connectivity index (χ4v) is 2.11. The predicted molar refractivity (Wildman–Crippen MR) is 71.1 cm³/mol. The molecule has 1 aromatic carbocycles. The Kier molecular flexibility index (Phi) is 3.77. The number of hydrogen-bond acceptors (Lipinski definition) is 2. The summed E-state index contributed by atoms with van der Waals surface area (Å²) in [5.41, 5.74) is 9.61. The third kappa shape index (κ3) is 3.05. The number of pyridine rings is 1. The topological polar surface area (TPSA) is 38.9 Å². The van der Waals surface area contributed by atoms with Gasteiger partial charge in [-0.3, -0.25) is 4.98 Å². The average Bonchev–Trinajstić information content (AvgIpc) is 2.29. The van der Waals surface area contributed by atoms with Crippen LogP contribution in [0.25, 0.3) is 0 Å². The van der Waals surface area contributed by atoms with Crippen LogP contribution in [-0.4, -0.2) is 4.98 Å². The largest absolute Gasteiger partial charge is 0.324 e. The lowest BCUT2D eigenvalue weighted by Crippen LogP contribution is -2.14. The van der Waals surface area contributed by atoms with Crippen LogP contribution in [0.1, 0.15) is 22.7 Å². The highest BCUT2D eigenvalue weighted by Crippen LogP contribution is 2.20. The molecule has 0 saturated heterocycles. The number of rotatable bonds is 3. The van der Waals surface area contributed by atoms with Crippen LogP contribution in [0.15, 0.2) is 42.7 Å². The molecular weight excluding hydrogens is 232 g/mol. The molecule has 0 aliphatic heterocycles. The van der Waals surface area contributed by atoms with Crippen molar-refractivity contribution in [2.45, 2.75) is 19.4 Å². The van der Waals surface area contributed by atoms with Gasteiger partial charge in [-0.1, -0.05) is 23.7 Å². The van der Waals surface area contributed by atoms with E-state index in [0.29, 0.717) is 0 Å². The smallest absolute Gasteiger partial charge is 0.0408 e. The molecule has 1 atom stereocenters. The zero-order valence-corrected chi connectivity index (χ0v) is 10.5. The highest BCUT2D eigenvalue weighted by molar-refractivity contribution is 6.30. The van der Waals surface area contributed by atoms with E-state index in [-0.39, 0.29) is 6.04 Å². The van der Waals surface area contributed by atoms with E-state index in [4.69, 9.17) is 17.3 Å². The average molecular weight is 247 g/mol. The third-order valence-electron chi connectivity index (χ3n) is 2.82. The monoisotopic (exact) mass is 246 g/mol. The summed E-state index contributed by atoms with van der Waals surface area (Å²) in [6.07, 6.45) is 4.39. The number of nitrogens with zero attached hydrogens (tertiary/aromatic N) is 1. The number of benzene rings is 1. The van der Waals surface area contributed by atoms with Crippen molar-refractivity contribution in [2.24, 2.45) is 5.73 Å². The van der Waals surface area contributed by atoms with Crippen molar-refractivity contribution in [3.63, 3.8) is 0 Å². The van der Waals surface area contributed by atoms with E-state index in [1.54, 1.807) is 6.20 Å². The molecule has 0 radical (unpaired) electrons. The van der Waals surface area contributed by atoms with Crippen LogP contribution in [-0.2, 0) is 6.42 Å². The van der Waals surface area contributed by atoms with E-state index in [9.17, 15) is 0 Å². The molecule has 2 rings (SSSR count). The van der Waals surface area contributed by atoms with Crippen LogP contribution < -0.4 is 5.73 Å². The minimum absolute atomic E-state index is 0.0397. The van der Waals surface area contributed by atoms with Gasteiger partial charge in [-0.25, -0.2) is 0 Å². The van der Waals surface area contributed by atoms with E-state index in [0.717, 1.165) is 22.6 Å². The molecule has 88 valence electrons. The van der Waals surface area contributed by atoms with Crippen molar-refractivity contribution in [2.75, 3.05) is 0 Å². The first kappa shape index (κ1) is 12.1. The minimum atomic E-state index is -0.0397. The lowest BCUT2D eigenvalue weighted by atomic mass is 9.98. The summed E-state index contributed by atoms with van der Waals surface area (Å²) in [5.74, 6) is 0. The molecule has 1 unspecified atom stereocenters. The molecule has 3 heteroatoms. The van der Waals surface area contributed by atoms with Gasteiger partial charge in [0.1, 0.15) is 0 Å². The Bertz CT molecular complexity index is 511. The highest BCUT2D eigenvalue weighted by atomic mass is 35.5. The van der Waals surface area contributed by atoms with Crippen LogP contribution in [0.2, 0.25) is 5.02 Å². The van der Waals surface area contributed by atoms with Gasteiger partial charge in [0.05, 0.1) is 0 Å². The third-order valence-corrected chi connectivity index (χ3v) is 3.06. The van der Waals surface area contributed by atoms with Gasteiger partial charge in [-0.05, 0) is 48.2 Å². The Morgan fingerprint density at radius 2 is 2.18 bits per heavy atom. The fraction of sp³-hybridized carbons (Fsp3) is 0.214. The van der Waals surface area contributed by atoms with Crippen LogP contribution in [0.4, 0.5) is 0 Å². The predicted octanol–water partition coefficient (Wildman–Crippen LogP) is 3.29. The maximum absolute atomic E-state index is 6.19. The van der Waals surface area contributed by atoms with Crippen LogP contribution in [0.3, 0.4) is 0 Å². The van der Waals surface area contributed by atoms with Crippen LogP contribution in [0, 0.1) is 6.92 Å². The zero-order chi connectivity index (χ0) is 12.3. The van der Waals surface area contributed by atoms with E-state index in [1.807, 2.05) is 36.5 Å². The molecule has 0 aliphatic carbocycles. The summed E-state index contributed by atoms with van der Waals surface area (Å²) in [5, 5.41) is 0.748. The standard InChI is InChI=1S/C14H15ClN2/c1-10-5-6-17-9-13(10)14(16)8-11-3-2-4-12(15)7-11/h2-7,9,14H,8,16H2,1H3. The van der Waals surface area contributed by atoms with Gasteiger partial charge in [-0.15, -0.1) is 0 Å². The number of aryl methyl sites for hydroxylation is 1. The first-order valence-electron chi connectivity index (χ1n) is 5.57. The molecule has 0 aliphatic rings. The van der Waals surface area contributed by atoms with Crippen molar-refractivity contribution in [3.8, 4) is 0 Å². The molecule has 1 heterocycles. The normalized spacial score (nSPS) is 12.4. The molecule has 2 aromatic rings. The molecule has 1 aromatic heterocycles. The Hall–Kier alpha value is -1.38. The second-order valence-corrected chi connectivity index (χ2v) is 4.61. The van der Waals surface area contributed by atoms with Gasteiger partial charge in [0.15, 0.2) is 0 Å². The quantitative estimate of drug-likeness (QED) is 0.903. The van der Waals surface area contributed by atoms with Crippen LogP contribution in [0.5, 0.6) is 0 Å². The van der Waals surface area contributed by atoms with Crippen molar-refractivity contribution in [1.82, 2.24) is 4.98 Å². The van der Waals surface area contributed by atoms with Crippen molar-refractivity contribution in [1.29, 1.82) is 0 Å². The van der Waals surface area contributed by atoms with Gasteiger partial charge in [0.2, 0.25) is 0 Å². The molecule has 2 N–H and O–H groups in total. The van der Waals surface area contributed by atoms with Crippen molar-refractivity contribution in [3.05, 3.63) is 64.4 Å². The second kappa shape index (κ2) is 5.30. The van der Waals surface area contributed by atoms with Gasteiger partial charge in [0.25, 0.3) is 0 Å². The molecule has 0 spiro atoms. The zero-order valence-electron chi connectivity index (χ0n) is 9.73. The highest BCUT2D eigenvalue weighted by Gasteiger charge is 2.09. The molecule has 0 fully saturated rings. The molecule has 0 amide bonds. The molecule has 2 nitrogen and oxygen atoms in total. The maximum Gasteiger partial charge on any atom is 0.0408 e. The van der Waals surface area contributed by atoms with E-state index >= 15 is 0 Å². The first-order valence-corrected chi connectivity index (χ1v) is 5.95. The fourth-order valence-electron chi connectivity index (χ4n) is 1.89. The summed E-state index contributed by atoms with van der Waals surface area (Å²) >= 11 is 5.95. The molecule has 17 heavy (non-hydrogen) atoms. The van der Waals surface area contributed by atoms with E-state index in [1.165, 1.54) is 5.56 Å². The van der Waals surface area contributed by atoms with E-state index in [2.05, 4.69) is 11.9 Å². The first-order chi connectivity index (χ1) is 8.16. The van der Waals surface area contributed by atoms with Gasteiger partial charge < -0.3 is 5.73 Å². The van der Waals surface area contributed by atoms with E-state index < -0.39 is 0 Å². The summed E-state index contributed by atoms with van der Waals surface area (Å²) in [7, 11) is 0. The lowest BCUT2D eigenvalue weighted by Gasteiger charge is -2.14. The lowest BCUT2D eigenvalue weighted by molar-refractivity contribution is 0.712. The second-order valence-electron chi connectivity index (χ2n) is 4.17. The Morgan fingerprint density at radius 1 is 1.35 bits per heavy atom. The molecule has 0 bridgehead atoms. The summed E-state index contributed by atoms with van der Waals surface area (Å²) < 4.78 is 0. The Balaban J connectivity index is 2.17. The maximum atomic E-state index is 6.19. The van der Waals surface area contributed by atoms with Crippen molar-refractivity contribution < 1.29 is 0 Å². The summed E-state index contributed by atoms with van der Waals surface area (Å²) in [6, 6.07) is 9.74. The Labute approximate surface area is 106 Å². The van der Waals surface area contributed by atoms with Crippen molar-refractivity contribution >= 4 is 11.6 Å². The van der Waals surface area contributed by atoms with Crippen LogP contribution >= 0.6 is 11.6 Å². The number of nitrogens with two attached hydrogens (primary N) is 1. The number of hydrogen-bond donors (Lipinski definition) is 1. The van der Waals surface area contributed by atoms with Gasteiger partial charge in [-0.2, -0.15) is 0 Å². The van der Waals surface area contributed by atoms with Gasteiger partial charge >= 0.3 is 0 Å². The van der Waals surface area contributed by atoms with Gasteiger partial charge in [0, 0.05) is 23.5 Å². The summed E-state index contributed by atoms with van der Waals surface area (Å²) in [4.78, 5) is 4.12. The summed E-state index contributed by atoms with van der Waals surface area (Å²) in [6.45, 7) is 2.05. The molecular formula is C14H15ClN2. The minimum Gasteiger partial charge on any atom is -0.324 e.